The number of ether oxygens (including phenoxy) is 1. The van der Waals surface area contributed by atoms with E-state index in [0.29, 0.717) is 28.2 Å². The van der Waals surface area contributed by atoms with Crippen LogP contribution in [0, 0.1) is 17.1 Å². The van der Waals surface area contributed by atoms with Gasteiger partial charge in [0.25, 0.3) is 0 Å². The molecule has 0 unspecified atom stereocenters. The van der Waals surface area contributed by atoms with E-state index in [2.05, 4.69) is 34.8 Å². The van der Waals surface area contributed by atoms with Gasteiger partial charge in [-0.05, 0) is 50.3 Å². The van der Waals surface area contributed by atoms with Gasteiger partial charge >= 0.3 is 0 Å². The largest absolute Gasteiger partial charge is 0.496 e. The van der Waals surface area contributed by atoms with Crippen LogP contribution in [0.25, 0.3) is 22.7 Å². The summed E-state index contributed by atoms with van der Waals surface area (Å²) in [7, 11) is 1.61. The zero-order valence-corrected chi connectivity index (χ0v) is 15.6. The predicted molar refractivity (Wildman–Crippen MR) is 106 cm³/mol. The monoisotopic (exact) mass is 364 g/mol. The first-order chi connectivity index (χ1) is 13.1. The molecule has 0 bridgehead atoms. The standard InChI is InChI=1S/C21H21FN4O/c1-4-26(5-2)17-8-6-14(20(12-17)27-3)10-15(13-23)21-24-18-9-7-16(22)11-19(18)25-21/h6-12H,4-5H2,1-3H3,(H,24,25)/b15-10-. The number of rotatable bonds is 6. The molecule has 0 aliphatic rings. The van der Waals surface area contributed by atoms with Gasteiger partial charge in [-0.2, -0.15) is 5.26 Å². The molecule has 3 aromatic rings. The number of methoxy groups -OCH3 is 1. The normalized spacial score (nSPS) is 11.4. The molecular formula is C21H21FN4O. The summed E-state index contributed by atoms with van der Waals surface area (Å²) in [6, 6.07) is 12.3. The quantitative estimate of drug-likeness (QED) is 0.648. The first kappa shape index (κ1) is 18.5. The van der Waals surface area contributed by atoms with Crippen molar-refractivity contribution in [2.45, 2.75) is 13.8 Å². The Morgan fingerprint density at radius 3 is 2.70 bits per heavy atom. The van der Waals surface area contributed by atoms with Gasteiger partial charge in [0, 0.05) is 30.4 Å². The van der Waals surface area contributed by atoms with Crippen molar-refractivity contribution in [3.8, 4) is 11.8 Å². The van der Waals surface area contributed by atoms with Gasteiger partial charge in [-0.15, -0.1) is 0 Å². The minimum atomic E-state index is -0.353. The molecule has 3 rings (SSSR count). The van der Waals surface area contributed by atoms with Crippen molar-refractivity contribution in [1.29, 1.82) is 5.26 Å². The molecule has 2 aromatic carbocycles. The molecule has 0 spiro atoms. The average molecular weight is 364 g/mol. The first-order valence-corrected chi connectivity index (χ1v) is 8.80. The Morgan fingerprint density at radius 2 is 2.04 bits per heavy atom. The maximum atomic E-state index is 13.4. The molecule has 0 aliphatic carbocycles. The van der Waals surface area contributed by atoms with Crippen molar-refractivity contribution in [2.24, 2.45) is 0 Å². The van der Waals surface area contributed by atoms with Crippen LogP contribution in [0.2, 0.25) is 0 Å². The maximum absolute atomic E-state index is 13.4. The number of allylic oxidation sites excluding steroid dienone is 1. The van der Waals surface area contributed by atoms with E-state index >= 15 is 0 Å². The van der Waals surface area contributed by atoms with E-state index < -0.39 is 0 Å². The second-order valence-corrected chi connectivity index (χ2v) is 6.02. The highest BCUT2D eigenvalue weighted by Crippen LogP contribution is 2.29. The lowest BCUT2D eigenvalue weighted by Crippen LogP contribution is -2.21. The van der Waals surface area contributed by atoms with Crippen molar-refractivity contribution < 1.29 is 9.13 Å². The first-order valence-electron chi connectivity index (χ1n) is 8.80. The smallest absolute Gasteiger partial charge is 0.149 e. The topological polar surface area (TPSA) is 64.9 Å². The number of aromatic nitrogens is 2. The third-order valence-corrected chi connectivity index (χ3v) is 4.46. The second kappa shape index (κ2) is 7.92. The van der Waals surface area contributed by atoms with Gasteiger partial charge in [-0.3, -0.25) is 0 Å². The minimum Gasteiger partial charge on any atom is -0.496 e. The number of nitrogens with one attached hydrogen (secondary N) is 1. The summed E-state index contributed by atoms with van der Waals surface area (Å²) in [5, 5.41) is 9.60. The van der Waals surface area contributed by atoms with Gasteiger partial charge in [-0.25, -0.2) is 9.37 Å². The third kappa shape index (κ3) is 3.77. The summed E-state index contributed by atoms with van der Waals surface area (Å²) in [5.74, 6) is 0.719. The number of halogens is 1. The molecule has 27 heavy (non-hydrogen) atoms. The minimum absolute atomic E-state index is 0.348. The Balaban J connectivity index is 2.03. The molecule has 0 saturated carbocycles. The zero-order chi connectivity index (χ0) is 19.4. The van der Waals surface area contributed by atoms with Crippen molar-refractivity contribution in [3.05, 3.63) is 53.6 Å². The molecule has 138 valence electrons. The van der Waals surface area contributed by atoms with Gasteiger partial charge in [0.05, 0.1) is 23.7 Å². The van der Waals surface area contributed by atoms with Crippen molar-refractivity contribution >= 4 is 28.4 Å². The van der Waals surface area contributed by atoms with Crippen LogP contribution in [0.5, 0.6) is 5.75 Å². The van der Waals surface area contributed by atoms with Crippen LogP contribution in [0.3, 0.4) is 0 Å². The molecule has 5 nitrogen and oxygen atoms in total. The summed E-state index contributed by atoms with van der Waals surface area (Å²) in [4.78, 5) is 9.61. The number of nitrogens with zero attached hydrogens (tertiary/aromatic N) is 3. The van der Waals surface area contributed by atoms with Crippen LogP contribution < -0.4 is 9.64 Å². The van der Waals surface area contributed by atoms with Gasteiger partial charge in [-0.1, -0.05) is 0 Å². The van der Waals surface area contributed by atoms with Gasteiger partial charge in [0.15, 0.2) is 0 Å². The molecule has 1 N–H and O–H groups in total. The van der Waals surface area contributed by atoms with E-state index in [1.54, 1.807) is 19.3 Å². The van der Waals surface area contributed by atoms with Crippen LogP contribution in [-0.2, 0) is 0 Å². The lowest BCUT2D eigenvalue weighted by Gasteiger charge is -2.22. The van der Waals surface area contributed by atoms with Gasteiger partial charge in [0.2, 0.25) is 0 Å². The fraction of sp³-hybridized carbons (Fsp3) is 0.238. The molecule has 1 aromatic heterocycles. The Labute approximate surface area is 157 Å². The molecule has 0 amide bonds. The Bertz CT molecular complexity index is 1030. The molecule has 0 fully saturated rings. The van der Waals surface area contributed by atoms with Crippen LogP contribution in [0.4, 0.5) is 10.1 Å². The number of anilines is 1. The Morgan fingerprint density at radius 1 is 1.26 bits per heavy atom. The fourth-order valence-electron chi connectivity index (χ4n) is 3.02. The van der Waals surface area contributed by atoms with E-state index in [9.17, 15) is 9.65 Å². The van der Waals surface area contributed by atoms with Gasteiger partial charge in [0.1, 0.15) is 23.5 Å². The summed E-state index contributed by atoms with van der Waals surface area (Å²) < 4.78 is 18.9. The number of aromatic amines is 1. The number of hydrogen-bond acceptors (Lipinski definition) is 4. The highest BCUT2D eigenvalue weighted by Gasteiger charge is 2.12. The number of nitriles is 1. The molecule has 6 heteroatoms. The highest BCUT2D eigenvalue weighted by molar-refractivity contribution is 5.91. The number of hydrogen-bond donors (Lipinski definition) is 1. The third-order valence-electron chi connectivity index (χ3n) is 4.46. The zero-order valence-electron chi connectivity index (χ0n) is 15.6. The number of H-pyrrole nitrogens is 1. The summed E-state index contributed by atoms with van der Waals surface area (Å²) >= 11 is 0. The van der Waals surface area contributed by atoms with Crippen LogP contribution in [-0.4, -0.2) is 30.2 Å². The van der Waals surface area contributed by atoms with Crippen molar-refractivity contribution in [1.82, 2.24) is 9.97 Å². The maximum Gasteiger partial charge on any atom is 0.149 e. The van der Waals surface area contributed by atoms with E-state index in [4.69, 9.17) is 4.74 Å². The van der Waals surface area contributed by atoms with Crippen molar-refractivity contribution in [2.75, 3.05) is 25.1 Å². The lowest BCUT2D eigenvalue weighted by atomic mass is 10.1. The van der Waals surface area contributed by atoms with Crippen LogP contribution >= 0.6 is 0 Å². The van der Waals surface area contributed by atoms with Crippen LogP contribution in [0.15, 0.2) is 36.4 Å². The SMILES string of the molecule is CCN(CC)c1ccc(/C=C(/C#N)c2nc3ccc(F)cc3[nH]2)c(OC)c1. The van der Waals surface area contributed by atoms with E-state index in [0.717, 1.165) is 24.3 Å². The predicted octanol–water partition coefficient (Wildman–Crippen LogP) is 4.62. The molecule has 1 heterocycles. The number of benzene rings is 2. The molecule has 0 aliphatic heterocycles. The Kier molecular flexibility index (Phi) is 5.41. The average Bonchev–Trinajstić information content (AvgIpc) is 3.10. The van der Waals surface area contributed by atoms with E-state index in [1.807, 2.05) is 18.2 Å². The fourth-order valence-corrected chi connectivity index (χ4v) is 3.02. The van der Waals surface area contributed by atoms with Crippen molar-refractivity contribution in [3.63, 3.8) is 0 Å². The summed E-state index contributed by atoms with van der Waals surface area (Å²) in [5.41, 5.74) is 3.34. The van der Waals surface area contributed by atoms with Crippen LogP contribution in [0.1, 0.15) is 25.2 Å². The lowest BCUT2D eigenvalue weighted by molar-refractivity contribution is 0.414. The highest BCUT2D eigenvalue weighted by atomic mass is 19.1. The summed E-state index contributed by atoms with van der Waals surface area (Å²) in [6.07, 6.45) is 1.72. The summed E-state index contributed by atoms with van der Waals surface area (Å²) in [6.45, 7) is 5.99. The Hall–Kier alpha value is -3.33. The molecule has 0 saturated heterocycles. The molecular weight excluding hydrogens is 343 g/mol. The van der Waals surface area contributed by atoms with Gasteiger partial charge < -0.3 is 14.6 Å². The molecule has 0 radical (unpaired) electrons. The number of fused-ring (bicyclic) bond motifs is 1. The van der Waals surface area contributed by atoms with E-state index in [-0.39, 0.29) is 5.82 Å². The van der Waals surface area contributed by atoms with E-state index in [1.165, 1.54) is 12.1 Å². The molecule has 0 atom stereocenters. The second-order valence-electron chi connectivity index (χ2n) is 6.02. The number of imidazole rings is 1.